The number of nitrogens with two attached hydrogens (primary N) is 1. The number of benzene rings is 1. The summed E-state index contributed by atoms with van der Waals surface area (Å²) in [5.41, 5.74) is 8.26. The van der Waals surface area contributed by atoms with Crippen LogP contribution in [0.5, 0.6) is 0 Å². The number of amides is 1. The van der Waals surface area contributed by atoms with Gasteiger partial charge in [0.1, 0.15) is 0 Å². The van der Waals surface area contributed by atoms with E-state index in [1.807, 2.05) is 25.1 Å². The lowest BCUT2D eigenvalue weighted by Crippen LogP contribution is -2.48. The van der Waals surface area contributed by atoms with Crippen molar-refractivity contribution in [3.8, 4) is 0 Å². The van der Waals surface area contributed by atoms with Gasteiger partial charge < -0.3 is 16.0 Å². The average molecular weight is 276 g/mol. The first-order valence-corrected chi connectivity index (χ1v) is 7.19. The van der Waals surface area contributed by atoms with Gasteiger partial charge in [-0.25, -0.2) is 0 Å². The molecule has 1 aliphatic heterocycles. The minimum Gasteiger partial charge on any atom is -0.397 e. The number of anilines is 2. The Bertz CT molecular complexity index is 447. The summed E-state index contributed by atoms with van der Waals surface area (Å²) in [5.74, 6) is 0.0101. The summed E-state index contributed by atoms with van der Waals surface area (Å²) in [7, 11) is 0. The first kappa shape index (κ1) is 14.8. The maximum atomic E-state index is 12.1. The molecule has 1 saturated heterocycles. The second kappa shape index (κ2) is 6.72. The van der Waals surface area contributed by atoms with Crippen molar-refractivity contribution in [1.82, 2.24) is 9.80 Å². The number of nitrogen functional groups attached to an aromatic ring is 1. The lowest BCUT2D eigenvalue weighted by Gasteiger charge is -2.33. The molecule has 0 spiro atoms. The summed E-state index contributed by atoms with van der Waals surface area (Å²) >= 11 is 0. The van der Waals surface area contributed by atoms with Gasteiger partial charge in [0.25, 0.3) is 0 Å². The van der Waals surface area contributed by atoms with Crippen LogP contribution in [-0.4, -0.2) is 55.0 Å². The Morgan fingerprint density at radius 1 is 1.25 bits per heavy atom. The van der Waals surface area contributed by atoms with Crippen molar-refractivity contribution < 1.29 is 4.79 Å². The number of nitrogens with zero attached hydrogens (tertiary/aromatic N) is 2. The van der Waals surface area contributed by atoms with E-state index in [1.165, 1.54) is 0 Å². The monoisotopic (exact) mass is 276 g/mol. The fourth-order valence-corrected chi connectivity index (χ4v) is 2.51. The van der Waals surface area contributed by atoms with Gasteiger partial charge in [-0.2, -0.15) is 0 Å². The number of aryl methyl sites for hydroxylation is 1. The van der Waals surface area contributed by atoms with Gasteiger partial charge in [-0.15, -0.1) is 0 Å². The van der Waals surface area contributed by atoms with Crippen LogP contribution in [0.3, 0.4) is 0 Å². The Hall–Kier alpha value is -1.59. The van der Waals surface area contributed by atoms with E-state index in [9.17, 15) is 4.79 Å². The van der Waals surface area contributed by atoms with Gasteiger partial charge in [0.15, 0.2) is 0 Å². The predicted octanol–water partition coefficient (Wildman–Crippen LogP) is 1.15. The van der Waals surface area contributed by atoms with E-state index in [0.717, 1.165) is 44.0 Å². The highest BCUT2D eigenvalue weighted by atomic mass is 16.2. The fourth-order valence-electron chi connectivity index (χ4n) is 2.51. The molecule has 1 aromatic carbocycles. The van der Waals surface area contributed by atoms with Gasteiger partial charge in [0.2, 0.25) is 5.91 Å². The third-order valence-corrected chi connectivity index (χ3v) is 3.85. The molecular formula is C15H24N4O. The van der Waals surface area contributed by atoms with Crippen molar-refractivity contribution in [1.29, 1.82) is 0 Å². The van der Waals surface area contributed by atoms with Gasteiger partial charge >= 0.3 is 0 Å². The molecule has 2 rings (SSSR count). The molecule has 3 N–H and O–H groups in total. The first-order chi connectivity index (χ1) is 9.60. The van der Waals surface area contributed by atoms with E-state index in [-0.39, 0.29) is 5.91 Å². The van der Waals surface area contributed by atoms with E-state index >= 15 is 0 Å². The van der Waals surface area contributed by atoms with Crippen LogP contribution in [0.25, 0.3) is 0 Å². The highest BCUT2D eigenvalue weighted by Crippen LogP contribution is 2.22. The molecule has 0 aliphatic carbocycles. The number of para-hydroxylation sites is 1. The van der Waals surface area contributed by atoms with Crippen LogP contribution in [0.15, 0.2) is 18.2 Å². The highest BCUT2D eigenvalue weighted by Gasteiger charge is 2.18. The van der Waals surface area contributed by atoms with Crippen LogP contribution in [-0.2, 0) is 4.79 Å². The zero-order valence-corrected chi connectivity index (χ0v) is 12.4. The molecule has 0 unspecified atom stereocenters. The van der Waals surface area contributed by atoms with Crippen molar-refractivity contribution >= 4 is 17.3 Å². The Balaban J connectivity index is 1.87. The molecule has 0 radical (unpaired) electrons. The van der Waals surface area contributed by atoms with E-state index in [2.05, 4.69) is 22.0 Å². The minimum atomic E-state index is 0.0101. The summed E-state index contributed by atoms with van der Waals surface area (Å²) in [5, 5.41) is 2.93. The number of rotatable bonds is 4. The molecule has 0 saturated carbocycles. The molecule has 1 aliphatic rings. The van der Waals surface area contributed by atoms with Crippen LogP contribution >= 0.6 is 0 Å². The van der Waals surface area contributed by atoms with Crippen LogP contribution in [0.2, 0.25) is 0 Å². The second-order valence-corrected chi connectivity index (χ2v) is 5.30. The largest absolute Gasteiger partial charge is 0.397 e. The summed E-state index contributed by atoms with van der Waals surface area (Å²) in [6.45, 7) is 9.61. The maximum Gasteiger partial charge on any atom is 0.238 e. The molecule has 0 aromatic heterocycles. The number of hydrogen-bond donors (Lipinski definition) is 2. The Morgan fingerprint density at radius 2 is 1.90 bits per heavy atom. The highest BCUT2D eigenvalue weighted by molar-refractivity contribution is 5.96. The minimum absolute atomic E-state index is 0.0101. The zero-order chi connectivity index (χ0) is 14.5. The first-order valence-electron chi connectivity index (χ1n) is 7.19. The van der Waals surface area contributed by atoms with Gasteiger partial charge in [-0.3, -0.25) is 9.69 Å². The van der Waals surface area contributed by atoms with Crippen molar-refractivity contribution in [2.24, 2.45) is 0 Å². The summed E-state index contributed by atoms with van der Waals surface area (Å²) in [6, 6.07) is 5.65. The number of nitrogens with one attached hydrogen (secondary N) is 1. The van der Waals surface area contributed by atoms with Crippen LogP contribution in [0.4, 0.5) is 11.4 Å². The van der Waals surface area contributed by atoms with Gasteiger partial charge in [0, 0.05) is 26.2 Å². The molecule has 1 amide bonds. The summed E-state index contributed by atoms with van der Waals surface area (Å²) in [4.78, 5) is 16.7. The molecule has 0 bridgehead atoms. The van der Waals surface area contributed by atoms with E-state index in [4.69, 9.17) is 5.73 Å². The number of carbonyl (C=O) groups excluding carboxylic acids is 1. The van der Waals surface area contributed by atoms with Crippen molar-refractivity contribution in [3.63, 3.8) is 0 Å². The number of piperazine rings is 1. The molecular weight excluding hydrogens is 252 g/mol. The predicted molar refractivity (Wildman–Crippen MR) is 82.8 cm³/mol. The molecule has 1 fully saturated rings. The lowest BCUT2D eigenvalue weighted by atomic mass is 10.1. The molecule has 20 heavy (non-hydrogen) atoms. The van der Waals surface area contributed by atoms with Gasteiger partial charge in [-0.05, 0) is 25.1 Å². The topological polar surface area (TPSA) is 61.6 Å². The van der Waals surface area contributed by atoms with Gasteiger partial charge in [-0.1, -0.05) is 19.1 Å². The average Bonchev–Trinajstić information content (AvgIpc) is 2.44. The zero-order valence-electron chi connectivity index (χ0n) is 12.4. The lowest BCUT2D eigenvalue weighted by molar-refractivity contribution is -0.117. The smallest absolute Gasteiger partial charge is 0.238 e. The van der Waals surface area contributed by atoms with E-state index in [1.54, 1.807) is 0 Å². The number of carbonyl (C=O) groups is 1. The van der Waals surface area contributed by atoms with Crippen molar-refractivity contribution in [3.05, 3.63) is 23.8 Å². The normalized spacial score (nSPS) is 17.1. The fraction of sp³-hybridized carbons (Fsp3) is 0.533. The van der Waals surface area contributed by atoms with E-state index in [0.29, 0.717) is 12.2 Å². The number of likely N-dealkylation sites (N-methyl/N-ethyl adjacent to an activating group) is 1. The third-order valence-electron chi connectivity index (χ3n) is 3.85. The summed E-state index contributed by atoms with van der Waals surface area (Å²) in [6.07, 6.45) is 0. The molecule has 5 nitrogen and oxygen atoms in total. The van der Waals surface area contributed by atoms with Crippen molar-refractivity contribution in [2.75, 3.05) is 50.3 Å². The Labute approximate surface area is 120 Å². The Kier molecular flexibility index (Phi) is 4.98. The molecule has 5 heteroatoms. The van der Waals surface area contributed by atoms with E-state index < -0.39 is 0 Å². The third kappa shape index (κ3) is 3.71. The second-order valence-electron chi connectivity index (χ2n) is 5.30. The standard InChI is InChI=1S/C15H24N4O/c1-3-18-7-9-19(10-8-18)11-14(20)17-15-12(2)5-4-6-13(15)16/h4-6H,3,7-11,16H2,1-2H3,(H,17,20). The Morgan fingerprint density at radius 3 is 2.50 bits per heavy atom. The maximum absolute atomic E-state index is 12.1. The van der Waals surface area contributed by atoms with Crippen LogP contribution < -0.4 is 11.1 Å². The molecule has 1 aromatic rings. The summed E-state index contributed by atoms with van der Waals surface area (Å²) < 4.78 is 0. The van der Waals surface area contributed by atoms with Crippen LogP contribution in [0.1, 0.15) is 12.5 Å². The van der Waals surface area contributed by atoms with Gasteiger partial charge in [0.05, 0.1) is 17.9 Å². The molecule has 110 valence electrons. The molecule has 0 atom stereocenters. The quantitative estimate of drug-likeness (QED) is 0.810. The van der Waals surface area contributed by atoms with Crippen LogP contribution in [0, 0.1) is 6.92 Å². The molecule has 1 heterocycles. The SMILES string of the molecule is CCN1CCN(CC(=O)Nc2c(C)cccc2N)CC1. The van der Waals surface area contributed by atoms with Crippen molar-refractivity contribution in [2.45, 2.75) is 13.8 Å². The number of hydrogen-bond acceptors (Lipinski definition) is 4.